The third-order valence-corrected chi connectivity index (χ3v) is 4.25. The van der Waals surface area contributed by atoms with Gasteiger partial charge in [0.15, 0.2) is 11.5 Å². The predicted octanol–water partition coefficient (Wildman–Crippen LogP) is 5.07. The van der Waals surface area contributed by atoms with Crippen molar-refractivity contribution in [3.8, 4) is 11.5 Å². The maximum Gasteiger partial charge on any atom is 0.161 e. The molecule has 2 N–H and O–H groups in total. The molecule has 4 nitrogen and oxygen atoms in total. The molecule has 1 rings (SSSR count). The van der Waals surface area contributed by atoms with Crippen molar-refractivity contribution < 1.29 is 19.7 Å². The maximum atomic E-state index is 9.83. The average molecular weight is 353 g/mol. The molecule has 0 heterocycles. The van der Waals surface area contributed by atoms with Gasteiger partial charge in [0.05, 0.1) is 6.61 Å². The number of phenols is 1. The Labute approximate surface area is 153 Å². The number of rotatable bonds is 16. The topological polar surface area (TPSA) is 58.9 Å². The van der Waals surface area contributed by atoms with Gasteiger partial charge in [-0.2, -0.15) is 0 Å². The van der Waals surface area contributed by atoms with Crippen LogP contribution in [0.4, 0.5) is 0 Å². The highest BCUT2D eigenvalue weighted by atomic mass is 16.5. The molecule has 1 aromatic carbocycles. The molecule has 0 spiro atoms. The summed E-state index contributed by atoms with van der Waals surface area (Å²) in [6.45, 7) is 3.33. The van der Waals surface area contributed by atoms with Gasteiger partial charge < -0.3 is 19.7 Å². The zero-order valence-electron chi connectivity index (χ0n) is 15.8. The lowest BCUT2D eigenvalue weighted by molar-refractivity contribution is 0.0105. The SMILES string of the molecule is CCCCCCCCCCCCOCC(O)COc1ccccc1O. The van der Waals surface area contributed by atoms with Crippen LogP contribution in [0.15, 0.2) is 24.3 Å². The Morgan fingerprint density at radius 2 is 1.44 bits per heavy atom. The summed E-state index contributed by atoms with van der Waals surface area (Å²) in [7, 11) is 0. The van der Waals surface area contributed by atoms with Gasteiger partial charge in [0.25, 0.3) is 0 Å². The molecule has 144 valence electrons. The molecule has 1 aromatic rings. The Morgan fingerprint density at radius 1 is 0.840 bits per heavy atom. The van der Waals surface area contributed by atoms with Crippen molar-refractivity contribution in [2.75, 3.05) is 19.8 Å². The molecule has 0 saturated carbocycles. The van der Waals surface area contributed by atoms with E-state index in [1.807, 2.05) is 0 Å². The van der Waals surface area contributed by atoms with Gasteiger partial charge in [-0.05, 0) is 18.6 Å². The molecule has 0 radical (unpaired) electrons. The van der Waals surface area contributed by atoms with Gasteiger partial charge in [-0.3, -0.25) is 0 Å². The van der Waals surface area contributed by atoms with Crippen LogP contribution < -0.4 is 4.74 Å². The Bertz CT molecular complexity index is 422. The molecule has 0 aliphatic rings. The van der Waals surface area contributed by atoms with Crippen LogP contribution in [0, 0.1) is 0 Å². The van der Waals surface area contributed by atoms with E-state index in [2.05, 4.69) is 6.92 Å². The minimum Gasteiger partial charge on any atom is -0.504 e. The quantitative estimate of drug-likeness (QED) is 0.408. The fourth-order valence-corrected chi connectivity index (χ4v) is 2.72. The van der Waals surface area contributed by atoms with E-state index in [0.717, 1.165) is 6.42 Å². The van der Waals surface area contributed by atoms with E-state index < -0.39 is 6.10 Å². The second-order valence-electron chi connectivity index (χ2n) is 6.69. The number of aromatic hydroxyl groups is 1. The van der Waals surface area contributed by atoms with E-state index >= 15 is 0 Å². The highest BCUT2D eigenvalue weighted by Crippen LogP contribution is 2.24. The van der Waals surface area contributed by atoms with Gasteiger partial charge in [0.1, 0.15) is 12.7 Å². The molecule has 0 saturated heterocycles. The van der Waals surface area contributed by atoms with Crippen molar-refractivity contribution >= 4 is 0 Å². The Hall–Kier alpha value is -1.26. The zero-order chi connectivity index (χ0) is 18.2. The smallest absolute Gasteiger partial charge is 0.161 e. The lowest BCUT2D eigenvalue weighted by Crippen LogP contribution is -2.23. The number of unbranched alkanes of at least 4 members (excludes halogenated alkanes) is 9. The summed E-state index contributed by atoms with van der Waals surface area (Å²) < 4.78 is 10.9. The molecular formula is C21H36O4. The molecule has 0 aliphatic heterocycles. The summed E-state index contributed by atoms with van der Waals surface area (Å²) in [5.41, 5.74) is 0. The summed E-state index contributed by atoms with van der Waals surface area (Å²) in [5, 5.41) is 19.4. The molecule has 25 heavy (non-hydrogen) atoms. The number of hydrogen-bond acceptors (Lipinski definition) is 4. The second-order valence-corrected chi connectivity index (χ2v) is 6.69. The lowest BCUT2D eigenvalue weighted by Gasteiger charge is -2.13. The molecule has 0 aromatic heterocycles. The number of phenolic OH excluding ortho intramolecular Hbond substituents is 1. The standard InChI is InChI=1S/C21H36O4/c1-2-3-4-5-6-7-8-9-10-13-16-24-17-19(22)18-25-21-15-12-11-14-20(21)23/h11-12,14-15,19,22-23H,2-10,13,16-18H2,1H3. The summed E-state index contributed by atoms with van der Waals surface area (Å²) in [4.78, 5) is 0. The molecule has 1 atom stereocenters. The average Bonchev–Trinajstić information content (AvgIpc) is 2.62. The maximum absolute atomic E-state index is 9.83. The Morgan fingerprint density at radius 3 is 2.08 bits per heavy atom. The summed E-state index contributed by atoms with van der Waals surface area (Å²) in [5.74, 6) is 0.470. The zero-order valence-corrected chi connectivity index (χ0v) is 15.8. The van der Waals surface area contributed by atoms with E-state index in [1.165, 1.54) is 57.8 Å². The van der Waals surface area contributed by atoms with E-state index in [-0.39, 0.29) is 19.0 Å². The fourth-order valence-electron chi connectivity index (χ4n) is 2.72. The van der Waals surface area contributed by atoms with Gasteiger partial charge in [0, 0.05) is 6.61 Å². The first-order chi connectivity index (χ1) is 12.2. The number of benzene rings is 1. The highest BCUT2D eigenvalue weighted by molar-refractivity contribution is 5.37. The third kappa shape index (κ3) is 11.8. The number of hydrogen-bond donors (Lipinski definition) is 2. The molecular weight excluding hydrogens is 316 g/mol. The molecule has 0 aliphatic carbocycles. The van der Waals surface area contributed by atoms with Crippen molar-refractivity contribution in [3.63, 3.8) is 0 Å². The van der Waals surface area contributed by atoms with Crippen LogP contribution in [0.1, 0.15) is 71.1 Å². The predicted molar refractivity (Wildman–Crippen MR) is 102 cm³/mol. The molecule has 0 amide bonds. The van der Waals surface area contributed by atoms with E-state index in [1.54, 1.807) is 24.3 Å². The number of para-hydroxylation sites is 2. The fraction of sp³-hybridized carbons (Fsp3) is 0.714. The summed E-state index contributed by atoms with van der Waals surface area (Å²) in [6.07, 6.45) is 12.4. The number of aliphatic hydroxyl groups excluding tert-OH is 1. The lowest BCUT2D eigenvalue weighted by atomic mass is 10.1. The Balaban J connectivity index is 1.87. The minimum absolute atomic E-state index is 0.0842. The normalized spacial score (nSPS) is 12.2. The first kappa shape index (κ1) is 21.8. The van der Waals surface area contributed by atoms with Gasteiger partial charge in [-0.15, -0.1) is 0 Å². The van der Waals surface area contributed by atoms with Gasteiger partial charge >= 0.3 is 0 Å². The van der Waals surface area contributed by atoms with Gasteiger partial charge in [-0.25, -0.2) is 0 Å². The number of ether oxygens (including phenoxy) is 2. The van der Waals surface area contributed by atoms with Crippen molar-refractivity contribution in [2.24, 2.45) is 0 Å². The first-order valence-electron chi connectivity index (χ1n) is 9.90. The van der Waals surface area contributed by atoms with E-state index in [9.17, 15) is 10.2 Å². The molecule has 1 unspecified atom stereocenters. The molecule has 4 heteroatoms. The van der Waals surface area contributed by atoms with Gasteiger partial charge in [-0.1, -0.05) is 76.8 Å². The second kappa shape index (κ2) is 15.0. The van der Waals surface area contributed by atoms with Crippen LogP contribution >= 0.6 is 0 Å². The third-order valence-electron chi connectivity index (χ3n) is 4.25. The Kier molecular flexibility index (Phi) is 13.1. The van der Waals surface area contributed by atoms with E-state index in [0.29, 0.717) is 12.4 Å². The van der Waals surface area contributed by atoms with Crippen molar-refractivity contribution in [1.82, 2.24) is 0 Å². The molecule has 0 bridgehead atoms. The van der Waals surface area contributed by atoms with Crippen molar-refractivity contribution in [3.05, 3.63) is 24.3 Å². The monoisotopic (exact) mass is 352 g/mol. The van der Waals surface area contributed by atoms with Crippen LogP contribution in [0.25, 0.3) is 0 Å². The van der Waals surface area contributed by atoms with Crippen LogP contribution in [-0.4, -0.2) is 36.1 Å². The van der Waals surface area contributed by atoms with E-state index in [4.69, 9.17) is 9.47 Å². The first-order valence-corrected chi connectivity index (χ1v) is 9.90. The summed E-state index contributed by atoms with van der Waals surface area (Å²) in [6, 6.07) is 6.74. The van der Waals surface area contributed by atoms with Gasteiger partial charge in [0.2, 0.25) is 0 Å². The minimum atomic E-state index is -0.678. The largest absolute Gasteiger partial charge is 0.504 e. The van der Waals surface area contributed by atoms with Crippen LogP contribution in [0.3, 0.4) is 0 Å². The highest BCUT2D eigenvalue weighted by Gasteiger charge is 2.07. The van der Waals surface area contributed by atoms with Crippen LogP contribution in [0.5, 0.6) is 11.5 Å². The number of aliphatic hydroxyl groups is 1. The summed E-state index contributed by atoms with van der Waals surface area (Å²) >= 11 is 0. The van der Waals surface area contributed by atoms with Crippen molar-refractivity contribution in [1.29, 1.82) is 0 Å². The van der Waals surface area contributed by atoms with Crippen LogP contribution in [-0.2, 0) is 4.74 Å². The molecule has 0 fully saturated rings. The van der Waals surface area contributed by atoms with Crippen LogP contribution in [0.2, 0.25) is 0 Å². The van der Waals surface area contributed by atoms with Crippen molar-refractivity contribution in [2.45, 2.75) is 77.2 Å².